The molecule has 6 heteroatoms. The molecule has 1 N–H and O–H groups in total. The molecule has 0 saturated heterocycles. The van der Waals surface area contributed by atoms with Crippen molar-refractivity contribution in [3.63, 3.8) is 0 Å². The Morgan fingerprint density at radius 1 is 1.03 bits per heavy atom. The molecule has 1 aromatic carbocycles. The van der Waals surface area contributed by atoms with Gasteiger partial charge in [0, 0.05) is 11.4 Å². The molecule has 166 valence electrons. The van der Waals surface area contributed by atoms with Crippen molar-refractivity contribution in [1.82, 2.24) is 10.2 Å². The van der Waals surface area contributed by atoms with Crippen LogP contribution in [0.25, 0.3) is 0 Å². The lowest BCUT2D eigenvalue weighted by molar-refractivity contribution is 0.0922. The number of carbonyl (C=O) groups excluding carboxylic acids is 1. The molecule has 1 amide bonds. The van der Waals surface area contributed by atoms with Crippen LogP contribution in [0, 0.1) is 6.92 Å². The van der Waals surface area contributed by atoms with E-state index in [1.165, 1.54) is 25.7 Å². The van der Waals surface area contributed by atoms with E-state index in [1.807, 2.05) is 31.2 Å². The van der Waals surface area contributed by atoms with E-state index in [9.17, 15) is 9.00 Å². The smallest absolute Gasteiger partial charge is 0.286 e. The SMILES string of the molecule is CCCCN(CCCC)CCCNC(=O)c1ccc(CS(=O)c2cccc(C)c2)o1. The van der Waals surface area contributed by atoms with Gasteiger partial charge in [0.1, 0.15) is 5.76 Å². The van der Waals surface area contributed by atoms with E-state index < -0.39 is 10.8 Å². The minimum absolute atomic E-state index is 0.212. The molecule has 0 saturated carbocycles. The number of hydrogen-bond acceptors (Lipinski definition) is 4. The van der Waals surface area contributed by atoms with E-state index >= 15 is 0 Å². The van der Waals surface area contributed by atoms with Crippen molar-refractivity contribution < 1.29 is 13.4 Å². The first kappa shape index (κ1) is 24.4. The highest BCUT2D eigenvalue weighted by atomic mass is 32.2. The molecule has 0 radical (unpaired) electrons. The molecule has 0 aliphatic carbocycles. The van der Waals surface area contributed by atoms with Crippen LogP contribution in [0.15, 0.2) is 45.7 Å². The number of hydrogen-bond donors (Lipinski definition) is 1. The third-order valence-electron chi connectivity index (χ3n) is 5.00. The van der Waals surface area contributed by atoms with Gasteiger partial charge >= 0.3 is 0 Å². The van der Waals surface area contributed by atoms with E-state index in [0.717, 1.165) is 36.5 Å². The minimum Gasteiger partial charge on any atom is -0.455 e. The fraction of sp³-hybridized carbons (Fsp3) is 0.542. The lowest BCUT2D eigenvalue weighted by Gasteiger charge is -2.21. The Kier molecular flexibility index (Phi) is 10.9. The second-order valence-corrected chi connectivity index (χ2v) is 9.18. The normalized spacial score (nSPS) is 12.3. The van der Waals surface area contributed by atoms with Crippen molar-refractivity contribution in [2.75, 3.05) is 26.2 Å². The Morgan fingerprint density at radius 2 is 1.73 bits per heavy atom. The molecule has 5 nitrogen and oxygen atoms in total. The minimum atomic E-state index is -1.19. The van der Waals surface area contributed by atoms with Gasteiger partial charge in [0.25, 0.3) is 5.91 Å². The Hall–Kier alpha value is -1.92. The molecule has 0 aliphatic heterocycles. The van der Waals surface area contributed by atoms with Crippen LogP contribution in [-0.4, -0.2) is 41.2 Å². The van der Waals surface area contributed by atoms with Gasteiger partial charge in [-0.05, 0) is 75.6 Å². The molecule has 2 rings (SSSR count). The molecule has 0 spiro atoms. The highest BCUT2D eigenvalue weighted by Gasteiger charge is 2.14. The van der Waals surface area contributed by atoms with E-state index in [-0.39, 0.29) is 17.4 Å². The number of furan rings is 1. The third kappa shape index (κ3) is 8.44. The van der Waals surface area contributed by atoms with Gasteiger partial charge in [0.05, 0.1) is 16.6 Å². The fourth-order valence-corrected chi connectivity index (χ4v) is 4.37. The van der Waals surface area contributed by atoms with Gasteiger partial charge in [-0.3, -0.25) is 9.00 Å². The zero-order valence-electron chi connectivity index (χ0n) is 18.6. The van der Waals surface area contributed by atoms with Gasteiger partial charge < -0.3 is 14.6 Å². The number of carbonyl (C=O) groups is 1. The Labute approximate surface area is 183 Å². The Balaban J connectivity index is 1.77. The molecule has 1 unspecified atom stereocenters. The summed E-state index contributed by atoms with van der Waals surface area (Å²) in [7, 11) is -1.19. The summed E-state index contributed by atoms with van der Waals surface area (Å²) in [5, 5.41) is 2.94. The second kappa shape index (κ2) is 13.4. The average Bonchev–Trinajstić information content (AvgIpc) is 3.21. The first-order valence-corrected chi connectivity index (χ1v) is 12.4. The summed E-state index contributed by atoms with van der Waals surface area (Å²) in [4.78, 5) is 15.6. The predicted molar refractivity (Wildman–Crippen MR) is 123 cm³/mol. The van der Waals surface area contributed by atoms with Gasteiger partial charge in [-0.15, -0.1) is 0 Å². The number of rotatable bonds is 14. The Bertz CT molecular complexity index is 795. The molecule has 1 aromatic heterocycles. The highest BCUT2D eigenvalue weighted by Crippen LogP contribution is 2.16. The zero-order chi connectivity index (χ0) is 21.8. The largest absolute Gasteiger partial charge is 0.455 e. The van der Waals surface area contributed by atoms with Crippen LogP contribution in [0.3, 0.4) is 0 Å². The van der Waals surface area contributed by atoms with Crippen molar-refractivity contribution in [3.8, 4) is 0 Å². The maximum Gasteiger partial charge on any atom is 0.286 e. The number of unbranched alkanes of at least 4 members (excludes halogenated alkanes) is 2. The van der Waals surface area contributed by atoms with Gasteiger partial charge in [-0.1, -0.05) is 38.8 Å². The maximum atomic E-state index is 12.5. The zero-order valence-corrected chi connectivity index (χ0v) is 19.4. The molecule has 0 aliphatic rings. The summed E-state index contributed by atoms with van der Waals surface area (Å²) in [5.74, 6) is 0.891. The molecule has 1 atom stereocenters. The fourth-order valence-electron chi connectivity index (χ4n) is 3.24. The molecular formula is C24H36N2O3S. The van der Waals surface area contributed by atoms with Crippen molar-refractivity contribution in [1.29, 1.82) is 0 Å². The lowest BCUT2D eigenvalue weighted by atomic mass is 10.2. The van der Waals surface area contributed by atoms with Gasteiger partial charge in [0.2, 0.25) is 0 Å². The van der Waals surface area contributed by atoms with E-state index in [2.05, 4.69) is 24.1 Å². The van der Waals surface area contributed by atoms with E-state index in [4.69, 9.17) is 4.42 Å². The third-order valence-corrected chi connectivity index (χ3v) is 6.33. The van der Waals surface area contributed by atoms with E-state index in [1.54, 1.807) is 12.1 Å². The summed E-state index contributed by atoms with van der Waals surface area (Å²) in [5.41, 5.74) is 1.07. The van der Waals surface area contributed by atoms with Crippen LogP contribution in [0.4, 0.5) is 0 Å². The number of nitrogens with one attached hydrogen (secondary N) is 1. The first-order chi connectivity index (χ1) is 14.5. The van der Waals surface area contributed by atoms with Gasteiger partial charge in [-0.2, -0.15) is 0 Å². The summed E-state index contributed by atoms with van der Waals surface area (Å²) in [6.07, 6.45) is 5.76. The van der Waals surface area contributed by atoms with E-state index in [0.29, 0.717) is 12.3 Å². The Morgan fingerprint density at radius 3 is 2.40 bits per heavy atom. The lowest BCUT2D eigenvalue weighted by Crippen LogP contribution is -2.31. The van der Waals surface area contributed by atoms with Crippen molar-refractivity contribution in [3.05, 3.63) is 53.5 Å². The van der Waals surface area contributed by atoms with Crippen LogP contribution < -0.4 is 5.32 Å². The number of amides is 1. The number of nitrogens with zero attached hydrogens (tertiary/aromatic N) is 1. The second-order valence-electron chi connectivity index (χ2n) is 7.73. The maximum absolute atomic E-state index is 12.5. The van der Waals surface area contributed by atoms with Crippen molar-refractivity contribution >= 4 is 16.7 Å². The standard InChI is InChI=1S/C24H36N2O3S/c1-4-6-15-26(16-7-5-2)17-9-14-25-24(27)23-13-12-21(29-23)19-30(28)22-11-8-10-20(3)18-22/h8,10-13,18H,4-7,9,14-17,19H2,1-3H3,(H,25,27). The first-order valence-electron chi connectivity index (χ1n) is 11.1. The summed E-state index contributed by atoms with van der Waals surface area (Å²) >= 11 is 0. The van der Waals surface area contributed by atoms with Crippen LogP contribution in [0.2, 0.25) is 0 Å². The van der Waals surface area contributed by atoms with Crippen molar-refractivity contribution in [2.24, 2.45) is 0 Å². The van der Waals surface area contributed by atoms with Crippen LogP contribution >= 0.6 is 0 Å². The topological polar surface area (TPSA) is 62.6 Å². The summed E-state index contributed by atoms with van der Waals surface area (Å²) in [6.45, 7) is 10.3. The molecule has 2 aromatic rings. The summed E-state index contributed by atoms with van der Waals surface area (Å²) < 4.78 is 18.2. The molecule has 0 fully saturated rings. The van der Waals surface area contributed by atoms with Crippen LogP contribution in [-0.2, 0) is 16.6 Å². The van der Waals surface area contributed by atoms with Crippen molar-refractivity contribution in [2.45, 2.75) is 63.5 Å². The molecule has 1 heterocycles. The molecular weight excluding hydrogens is 396 g/mol. The number of aryl methyl sites for hydroxylation is 1. The predicted octanol–water partition coefficient (Wildman–Crippen LogP) is 4.92. The van der Waals surface area contributed by atoms with Gasteiger partial charge in [0.15, 0.2) is 5.76 Å². The van der Waals surface area contributed by atoms with Crippen LogP contribution in [0.1, 0.15) is 67.8 Å². The average molecular weight is 433 g/mol. The number of benzene rings is 1. The quantitative estimate of drug-likeness (QED) is 0.431. The van der Waals surface area contributed by atoms with Crippen LogP contribution in [0.5, 0.6) is 0 Å². The monoisotopic (exact) mass is 432 g/mol. The highest BCUT2D eigenvalue weighted by molar-refractivity contribution is 7.84. The molecule has 0 bridgehead atoms. The molecule has 30 heavy (non-hydrogen) atoms. The van der Waals surface area contributed by atoms with Gasteiger partial charge in [-0.25, -0.2) is 0 Å². The summed E-state index contributed by atoms with van der Waals surface area (Å²) in [6, 6.07) is 11.0.